The number of carbonyl (C=O) groups is 1. The summed E-state index contributed by atoms with van der Waals surface area (Å²) in [6, 6.07) is 16.9. The van der Waals surface area contributed by atoms with Crippen molar-refractivity contribution in [2.45, 2.75) is 6.18 Å². The van der Waals surface area contributed by atoms with Crippen LogP contribution in [0.15, 0.2) is 93.3 Å². The second-order valence-corrected chi connectivity index (χ2v) is 5.81. The van der Waals surface area contributed by atoms with Crippen molar-refractivity contribution in [2.75, 3.05) is 0 Å². The summed E-state index contributed by atoms with van der Waals surface area (Å²) in [6.07, 6.45) is -4.39. The minimum atomic E-state index is -4.39. The number of alkyl halides is 3. The average Bonchev–Trinajstić information content (AvgIpc) is 2.71. The first-order chi connectivity index (χ1) is 13.8. The number of nitrogens with zero attached hydrogens (tertiary/aromatic N) is 4. The van der Waals surface area contributed by atoms with Gasteiger partial charge in [-0.25, -0.2) is 4.79 Å². The highest BCUT2D eigenvalue weighted by atomic mass is 19.4. The molecule has 0 radical (unpaired) electrons. The molecule has 1 N–H and O–H groups in total. The molecule has 3 rings (SSSR count). The van der Waals surface area contributed by atoms with Gasteiger partial charge in [-0.05, 0) is 72.8 Å². The predicted octanol–water partition coefficient (Wildman–Crippen LogP) is 7.23. The van der Waals surface area contributed by atoms with Crippen molar-refractivity contribution in [3.05, 3.63) is 83.9 Å². The first kappa shape index (κ1) is 19.9. The van der Waals surface area contributed by atoms with E-state index in [9.17, 15) is 18.0 Å². The molecule has 0 fully saturated rings. The summed E-state index contributed by atoms with van der Waals surface area (Å²) in [5.41, 5.74) is 1.25. The summed E-state index contributed by atoms with van der Waals surface area (Å²) >= 11 is 0. The van der Waals surface area contributed by atoms with Crippen molar-refractivity contribution < 1.29 is 23.1 Å². The SMILES string of the molecule is O=C(O)c1ccc(N=Nc2ccc(N=Nc3ccc(C(F)(F)F)cc3)cc2)cc1. The maximum Gasteiger partial charge on any atom is 0.416 e. The van der Waals surface area contributed by atoms with E-state index in [1.807, 2.05) is 0 Å². The second kappa shape index (κ2) is 8.42. The zero-order valence-electron chi connectivity index (χ0n) is 14.7. The highest BCUT2D eigenvalue weighted by Gasteiger charge is 2.29. The normalized spacial score (nSPS) is 12.0. The minimum Gasteiger partial charge on any atom is -0.478 e. The van der Waals surface area contributed by atoms with E-state index < -0.39 is 17.7 Å². The van der Waals surface area contributed by atoms with Crippen LogP contribution in [0.3, 0.4) is 0 Å². The molecule has 0 aliphatic heterocycles. The standard InChI is InChI=1S/C20H13F3N4O2/c21-20(22,23)14-3-7-16(8-4-14)25-27-18-11-9-17(10-12-18)26-24-15-5-1-13(2-6-15)19(28)29/h1-12H,(H,28,29). The predicted molar refractivity (Wildman–Crippen MR) is 99.6 cm³/mol. The summed E-state index contributed by atoms with van der Waals surface area (Å²) in [7, 11) is 0. The first-order valence-electron chi connectivity index (χ1n) is 8.25. The summed E-state index contributed by atoms with van der Waals surface area (Å²) in [6.45, 7) is 0. The number of aromatic carboxylic acids is 1. The Morgan fingerprint density at radius 3 is 1.24 bits per heavy atom. The molecular formula is C20H13F3N4O2. The van der Waals surface area contributed by atoms with Crippen LogP contribution in [0.5, 0.6) is 0 Å². The Morgan fingerprint density at radius 2 is 0.931 bits per heavy atom. The van der Waals surface area contributed by atoms with E-state index in [1.165, 1.54) is 24.3 Å². The van der Waals surface area contributed by atoms with Crippen molar-refractivity contribution in [2.24, 2.45) is 20.5 Å². The van der Waals surface area contributed by atoms with Gasteiger partial charge in [0.15, 0.2) is 0 Å². The fourth-order valence-corrected chi connectivity index (χ4v) is 2.20. The lowest BCUT2D eigenvalue weighted by atomic mass is 10.2. The molecule has 3 aromatic rings. The molecule has 0 saturated heterocycles. The number of hydrogen-bond acceptors (Lipinski definition) is 5. The van der Waals surface area contributed by atoms with E-state index in [1.54, 1.807) is 36.4 Å². The van der Waals surface area contributed by atoms with Crippen molar-refractivity contribution in [1.29, 1.82) is 0 Å². The fraction of sp³-hybridized carbons (Fsp3) is 0.0500. The number of carboxylic acid groups (broad SMARTS) is 1. The van der Waals surface area contributed by atoms with E-state index in [0.29, 0.717) is 22.7 Å². The highest BCUT2D eigenvalue weighted by molar-refractivity contribution is 5.87. The highest BCUT2D eigenvalue weighted by Crippen LogP contribution is 2.31. The molecule has 0 amide bonds. The Kier molecular flexibility index (Phi) is 5.77. The van der Waals surface area contributed by atoms with E-state index in [4.69, 9.17) is 5.11 Å². The van der Waals surface area contributed by atoms with Gasteiger partial charge in [0.1, 0.15) is 0 Å². The quantitative estimate of drug-likeness (QED) is 0.459. The molecule has 0 aliphatic carbocycles. The van der Waals surface area contributed by atoms with Crippen LogP contribution >= 0.6 is 0 Å². The molecule has 0 saturated carbocycles. The average molecular weight is 398 g/mol. The first-order valence-corrected chi connectivity index (χ1v) is 8.25. The molecule has 6 nitrogen and oxygen atoms in total. The van der Waals surface area contributed by atoms with Gasteiger partial charge < -0.3 is 5.11 Å². The fourth-order valence-electron chi connectivity index (χ4n) is 2.20. The van der Waals surface area contributed by atoms with Crippen LogP contribution < -0.4 is 0 Å². The molecule has 29 heavy (non-hydrogen) atoms. The minimum absolute atomic E-state index is 0.159. The molecule has 3 aromatic carbocycles. The summed E-state index contributed by atoms with van der Waals surface area (Å²) in [5, 5.41) is 24.8. The summed E-state index contributed by atoms with van der Waals surface area (Å²) < 4.78 is 37.6. The molecule has 0 atom stereocenters. The molecule has 146 valence electrons. The number of benzene rings is 3. The molecule has 0 bridgehead atoms. The van der Waals surface area contributed by atoms with E-state index in [-0.39, 0.29) is 5.56 Å². The Balaban J connectivity index is 1.63. The van der Waals surface area contributed by atoms with Crippen LogP contribution in [0.25, 0.3) is 0 Å². The zero-order chi connectivity index (χ0) is 20.9. The van der Waals surface area contributed by atoms with Crippen molar-refractivity contribution in [3.8, 4) is 0 Å². The van der Waals surface area contributed by atoms with Crippen LogP contribution in [-0.2, 0) is 6.18 Å². The van der Waals surface area contributed by atoms with Crippen LogP contribution in [0.2, 0.25) is 0 Å². The number of carboxylic acids is 1. The van der Waals surface area contributed by atoms with Gasteiger partial charge in [-0.1, -0.05) is 0 Å². The Hall–Kier alpha value is -3.88. The molecule has 0 aliphatic rings. The van der Waals surface area contributed by atoms with Gasteiger partial charge in [0, 0.05) is 0 Å². The van der Waals surface area contributed by atoms with Crippen LogP contribution in [-0.4, -0.2) is 11.1 Å². The van der Waals surface area contributed by atoms with E-state index in [2.05, 4.69) is 20.5 Å². The molecule has 9 heteroatoms. The maximum atomic E-state index is 12.5. The van der Waals surface area contributed by atoms with Gasteiger partial charge in [0.05, 0.1) is 33.9 Å². The number of azo groups is 2. The van der Waals surface area contributed by atoms with Crippen LogP contribution in [0.1, 0.15) is 15.9 Å². The van der Waals surface area contributed by atoms with Crippen molar-refractivity contribution in [1.82, 2.24) is 0 Å². The smallest absolute Gasteiger partial charge is 0.416 e. The zero-order valence-corrected chi connectivity index (χ0v) is 14.7. The Bertz CT molecular complexity index is 1040. The molecule has 0 spiro atoms. The Labute approximate surface area is 163 Å². The summed E-state index contributed by atoms with van der Waals surface area (Å²) in [4.78, 5) is 10.8. The lowest BCUT2D eigenvalue weighted by Gasteiger charge is -2.05. The lowest BCUT2D eigenvalue weighted by Crippen LogP contribution is -2.03. The molecular weight excluding hydrogens is 385 g/mol. The Morgan fingerprint density at radius 1 is 0.621 bits per heavy atom. The molecule has 0 aromatic heterocycles. The molecule has 0 heterocycles. The number of halogens is 3. The lowest BCUT2D eigenvalue weighted by molar-refractivity contribution is -0.137. The van der Waals surface area contributed by atoms with Gasteiger partial charge in [-0.15, -0.1) is 0 Å². The third kappa shape index (κ3) is 5.55. The maximum absolute atomic E-state index is 12.5. The second-order valence-electron chi connectivity index (χ2n) is 5.81. The molecule has 0 unspecified atom stereocenters. The van der Waals surface area contributed by atoms with Crippen LogP contribution in [0.4, 0.5) is 35.9 Å². The monoisotopic (exact) mass is 398 g/mol. The van der Waals surface area contributed by atoms with E-state index >= 15 is 0 Å². The third-order valence-electron chi connectivity index (χ3n) is 3.72. The van der Waals surface area contributed by atoms with Gasteiger partial charge >= 0.3 is 12.1 Å². The van der Waals surface area contributed by atoms with E-state index in [0.717, 1.165) is 12.1 Å². The summed E-state index contributed by atoms with van der Waals surface area (Å²) in [5.74, 6) is -1.02. The number of hydrogen-bond donors (Lipinski definition) is 1. The van der Waals surface area contributed by atoms with Gasteiger partial charge in [0.2, 0.25) is 0 Å². The number of rotatable bonds is 5. The van der Waals surface area contributed by atoms with Gasteiger partial charge in [-0.2, -0.15) is 33.6 Å². The van der Waals surface area contributed by atoms with Crippen LogP contribution in [0, 0.1) is 0 Å². The van der Waals surface area contributed by atoms with Gasteiger partial charge in [0.25, 0.3) is 0 Å². The third-order valence-corrected chi connectivity index (χ3v) is 3.72. The largest absolute Gasteiger partial charge is 0.478 e. The van der Waals surface area contributed by atoms with Gasteiger partial charge in [-0.3, -0.25) is 0 Å². The topological polar surface area (TPSA) is 86.7 Å². The van der Waals surface area contributed by atoms with Crippen molar-refractivity contribution >= 4 is 28.7 Å². The van der Waals surface area contributed by atoms with Crippen molar-refractivity contribution in [3.63, 3.8) is 0 Å².